The van der Waals surface area contributed by atoms with Gasteiger partial charge in [0.2, 0.25) is 0 Å². The van der Waals surface area contributed by atoms with Crippen molar-refractivity contribution in [3.05, 3.63) is 23.8 Å². The second-order valence-electron chi connectivity index (χ2n) is 4.42. The van der Waals surface area contributed by atoms with Crippen molar-refractivity contribution in [2.75, 3.05) is 32.0 Å². The van der Waals surface area contributed by atoms with E-state index in [9.17, 15) is 0 Å². The highest BCUT2D eigenvalue weighted by Crippen LogP contribution is 2.18. The molecule has 0 saturated carbocycles. The molecule has 0 amide bonds. The number of aryl methyl sites for hydroxylation is 1. The third-order valence-corrected chi connectivity index (χ3v) is 3.12. The maximum atomic E-state index is 5.75. The van der Waals surface area contributed by atoms with Gasteiger partial charge in [0.25, 0.3) is 0 Å². The summed E-state index contributed by atoms with van der Waals surface area (Å²) in [4.78, 5) is 2.45. The molecule has 0 aliphatic carbocycles. The van der Waals surface area contributed by atoms with Gasteiger partial charge in [-0.25, -0.2) is 0 Å². The van der Waals surface area contributed by atoms with Crippen molar-refractivity contribution in [2.45, 2.75) is 19.8 Å². The fraction of sp³-hybridized carbons (Fsp3) is 0.538. The Morgan fingerprint density at radius 2 is 2.06 bits per heavy atom. The van der Waals surface area contributed by atoms with E-state index < -0.39 is 0 Å². The minimum atomic E-state index is 0.767. The lowest BCUT2D eigenvalue weighted by atomic mass is 10.2. The van der Waals surface area contributed by atoms with Gasteiger partial charge in [-0.1, -0.05) is 0 Å². The number of likely N-dealkylation sites (tertiary alicyclic amines) is 1. The largest absolute Gasteiger partial charge is 0.492 e. The van der Waals surface area contributed by atoms with E-state index in [0.29, 0.717) is 0 Å². The summed E-state index contributed by atoms with van der Waals surface area (Å²) in [5.74, 6) is 0.922. The molecule has 1 aromatic rings. The molecule has 88 valence electrons. The molecule has 1 aliphatic rings. The van der Waals surface area contributed by atoms with Crippen LogP contribution >= 0.6 is 0 Å². The number of nitrogen functional groups attached to an aromatic ring is 1. The quantitative estimate of drug-likeness (QED) is 0.789. The average molecular weight is 220 g/mol. The number of anilines is 1. The van der Waals surface area contributed by atoms with Crippen LogP contribution in [-0.2, 0) is 0 Å². The van der Waals surface area contributed by atoms with E-state index in [1.165, 1.54) is 25.9 Å². The average Bonchev–Trinajstić information content (AvgIpc) is 2.76. The standard InChI is InChI=1S/C13H20N2O/c1-11-10-12(4-5-13(11)14)16-9-8-15-6-2-3-7-15/h4-5,10H,2-3,6-9,14H2,1H3. The molecular formula is C13H20N2O. The van der Waals surface area contributed by atoms with Crippen LogP contribution in [0.1, 0.15) is 18.4 Å². The highest BCUT2D eigenvalue weighted by Gasteiger charge is 2.10. The van der Waals surface area contributed by atoms with Gasteiger partial charge in [0.15, 0.2) is 0 Å². The topological polar surface area (TPSA) is 38.5 Å². The lowest BCUT2D eigenvalue weighted by molar-refractivity contribution is 0.237. The fourth-order valence-corrected chi connectivity index (χ4v) is 2.04. The molecular weight excluding hydrogens is 200 g/mol. The maximum Gasteiger partial charge on any atom is 0.119 e. The van der Waals surface area contributed by atoms with Gasteiger partial charge in [-0.05, 0) is 56.6 Å². The third-order valence-electron chi connectivity index (χ3n) is 3.12. The molecule has 0 radical (unpaired) electrons. The van der Waals surface area contributed by atoms with Crippen molar-refractivity contribution < 1.29 is 4.74 Å². The van der Waals surface area contributed by atoms with Crippen LogP contribution in [0, 0.1) is 6.92 Å². The molecule has 1 fully saturated rings. The maximum absolute atomic E-state index is 5.75. The summed E-state index contributed by atoms with van der Waals surface area (Å²) in [6.45, 7) is 6.25. The molecule has 1 heterocycles. The summed E-state index contributed by atoms with van der Waals surface area (Å²) in [5.41, 5.74) is 7.66. The molecule has 0 atom stereocenters. The molecule has 3 heteroatoms. The zero-order chi connectivity index (χ0) is 11.4. The Hall–Kier alpha value is -1.22. The summed E-state index contributed by atoms with van der Waals surface area (Å²) in [7, 11) is 0. The zero-order valence-electron chi connectivity index (χ0n) is 9.91. The highest BCUT2D eigenvalue weighted by atomic mass is 16.5. The second-order valence-corrected chi connectivity index (χ2v) is 4.42. The predicted molar refractivity (Wildman–Crippen MR) is 66.8 cm³/mol. The summed E-state index contributed by atoms with van der Waals surface area (Å²) < 4.78 is 5.71. The Balaban J connectivity index is 1.78. The Morgan fingerprint density at radius 1 is 1.31 bits per heavy atom. The van der Waals surface area contributed by atoms with Crippen molar-refractivity contribution >= 4 is 5.69 Å². The van der Waals surface area contributed by atoms with Gasteiger partial charge in [-0.15, -0.1) is 0 Å². The molecule has 0 spiro atoms. The van der Waals surface area contributed by atoms with Crippen molar-refractivity contribution in [1.29, 1.82) is 0 Å². The van der Waals surface area contributed by atoms with Crippen LogP contribution in [0.5, 0.6) is 5.75 Å². The number of rotatable bonds is 4. The third kappa shape index (κ3) is 2.89. The smallest absolute Gasteiger partial charge is 0.119 e. The van der Waals surface area contributed by atoms with Crippen molar-refractivity contribution in [3.63, 3.8) is 0 Å². The Kier molecular flexibility index (Phi) is 3.67. The second kappa shape index (κ2) is 5.21. The Labute approximate surface area is 97.2 Å². The number of nitrogens with two attached hydrogens (primary N) is 1. The number of ether oxygens (including phenoxy) is 1. The fourth-order valence-electron chi connectivity index (χ4n) is 2.04. The molecule has 3 nitrogen and oxygen atoms in total. The summed E-state index contributed by atoms with van der Waals surface area (Å²) in [6.07, 6.45) is 2.67. The van der Waals surface area contributed by atoms with E-state index in [1.54, 1.807) is 0 Å². The van der Waals surface area contributed by atoms with Gasteiger partial charge in [0.05, 0.1) is 0 Å². The highest BCUT2D eigenvalue weighted by molar-refractivity contribution is 5.49. The van der Waals surface area contributed by atoms with E-state index in [4.69, 9.17) is 10.5 Å². The lowest BCUT2D eigenvalue weighted by Gasteiger charge is -2.15. The van der Waals surface area contributed by atoms with Crippen LogP contribution in [0.2, 0.25) is 0 Å². The number of hydrogen-bond acceptors (Lipinski definition) is 3. The van der Waals surface area contributed by atoms with Gasteiger partial charge in [-0.3, -0.25) is 4.90 Å². The lowest BCUT2D eigenvalue weighted by Crippen LogP contribution is -2.25. The van der Waals surface area contributed by atoms with E-state index >= 15 is 0 Å². The van der Waals surface area contributed by atoms with Gasteiger partial charge in [0.1, 0.15) is 12.4 Å². The summed E-state index contributed by atoms with van der Waals surface area (Å²) in [6, 6.07) is 5.84. The van der Waals surface area contributed by atoms with Crippen LogP contribution in [0.15, 0.2) is 18.2 Å². The number of nitrogens with zero attached hydrogens (tertiary/aromatic N) is 1. The van der Waals surface area contributed by atoms with Gasteiger partial charge in [0, 0.05) is 12.2 Å². The van der Waals surface area contributed by atoms with Crippen LogP contribution in [-0.4, -0.2) is 31.1 Å². The molecule has 2 N–H and O–H groups in total. The molecule has 1 aliphatic heterocycles. The van der Waals surface area contributed by atoms with Gasteiger partial charge < -0.3 is 10.5 Å². The van der Waals surface area contributed by atoms with Crippen molar-refractivity contribution in [1.82, 2.24) is 4.90 Å². The number of hydrogen-bond donors (Lipinski definition) is 1. The van der Waals surface area contributed by atoms with Crippen LogP contribution in [0.3, 0.4) is 0 Å². The first-order valence-corrected chi connectivity index (χ1v) is 5.97. The SMILES string of the molecule is Cc1cc(OCCN2CCCC2)ccc1N. The Bertz CT molecular complexity index is 346. The summed E-state index contributed by atoms with van der Waals surface area (Å²) >= 11 is 0. The van der Waals surface area contributed by atoms with Crippen LogP contribution in [0.25, 0.3) is 0 Å². The van der Waals surface area contributed by atoms with Gasteiger partial charge in [-0.2, -0.15) is 0 Å². The first-order valence-electron chi connectivity index (χ1n) is 5.97. The molecule has 1 saturated heterocycles. The van der Waals surface area contributed by atoms with E-state index in [-0.39, 0.29) is 0 Å². The molecule has 0 unspecified atom stereocenters. The van der Waals surface area contributed by atoms with Crippen molar-refractivity contribution in [3.8, 4) is 5.75 Å². The molecule has 2 rings (SSSR count). The first kappa shape index (κ1) is 11.3. The van der Waals surface area contributed by atoms with Crippen molar-refractivity contribution in [2.24, 2.45) is 0 Å². The predicted octanol–water partition coefficient (Wildman–Crippen LogP) is 2.05. The van der Waals surface area contributed by atoms with Crippen LogP contribution < -0.4 is 10.5 Å². The first-order chi connectivity index (χ1) is 7.75. The number of benzene rings is 1. The molecule has 16 heavy (non-hydrogen) atoms. The monoisotopic (exact) mass is 220 g/mol. The normalized spacial score (nSPS) is 16.6. The molecule has 0 bridgehead atoms. The van der Waals surface area contributed by atoms with E-state index in [2.05, 4.69) is 4.90 Å². The minimum Gasteiger partial charge on any atom is -0.492 e. The zero-order valence-corrected chi connectivity index (χ0v) is 9.91. The van der Waals surface area contributed by atoms with Crippen LogP contribution in [0.4, 0.5) is 5.69 Å². The molecule has 1 aromatic carbocycles. The van der Waals surface area contributed by atoms with Gasteiger partial charge >= 0.3 is 0 Å². The van der Waals surface area contributed by atoms with E-state index in [1.807, 2.05) is 25.1 Å². The van der Waals surface area contributed by atoms with E-state index in [0.717, 1.165) is 30.2 Å². The summed E-state index contributed by atoms with van der Waals surface area (Å²) in [5, 5.41) is 0. The Morgan fingerprint density at radius 3 is 2.75 bits per heavy atom. The molecule has 0 aromatic heterocycles. The minimum absolute atomic E-state index is 0.767.